The van der Waals surface area contributed by atoms with Crippen molar-refractivity contribution in [1.82, 2.24) is 0 Å². The maximum atomic E-state index is 12.2. The molecule has 0 aliphatic heterocycles. The number of hydrogen-bond donors (Lipinski definition) is 2. The van der Waals surface area contributed by atoms with Crippen LogP contribution in [0.15, 0.2) is 28.0 Å². The summed E-state index contributed by atoms with van der Waals surface area (Å²) in [5.41, 5.74) is -5.81. The lowest BCUT2D eigenvalue weighted by atomic mass is 10.2. The molecular weight excluding hydrogens is 281 g/mol. The van der Waals surface area contributed by atoms with Crippen molar-refractivity contribution in [1.29, 1.82) is 0 Å². The van der Waals surface area contributed by atoms with Gasteiger partial charge in [-0.05, 0) is 18.2 Å². The van der Waals surface area contributed by atoms with Gasteiger partial charge in [-0.2, -0.15) is 13.2 Å². The molecule has 0 spiro atoms. The third kappa shape index (κ3) is 2.55. The Morgan fingerprint density at radius 2 is 1.82 bits per heavy atom. The van der Waals surface area contributed by atoms with Gasteiger partial charge in [0.1, 0.15) is 0 Å². The van der Waals surface area contributed by atoms with Gasteiger partial charge < -0.3 is 5.11 Å². The largest absolute Gasteiger partial charge is 0.501 e. The zero-order valence-electron chi connectivity index (χ0n) is 7.89. The molecule has 0 heterocycles. The number of carboxylic acids is 1. The average molecular weight is 286 g/mol. The van der Waals surface area contributed by atoms with Gasteiger partial charge in [0.25, 0.3) is 9.84 Å². The zero-order valence-corrected chi connectivity index (χ0v) is 9.60. The number of benzene rings is 1. The van der Waals surface area contributed by atoms with Gasteiger partial charge >= 0.3 is 11.5 Å². The molecular formula is C8H5F3O4S2. The molecule has 0 saturated heterocycles. The van der Waals surface area contributed by atoms with Crippen LogP contribution in [0, 0.1) is 0 Å². The Morgan fingerprint density at radius 3 is 2.18 bits per heavy atom. The minimum Gasteiger partial charge on any atom is -0.478 e. The summed E-state index contributed by atoms with van der Waals surface area (Å²) < 4.78 is 58.5. The summed E-state index contributed by atoms with van der Waals surface area (Å²) in [6.07, 6.45) is 0. The van der Waals surface area contributed by atoms with Crippen LogP contribution in [0.1, 0.15) is 10.4 Å². The van der Waals surface area contributed by atoms with Gasteiger partial charge in [0.2, 0.25) is 0 Å². The third-order valence-corrected chi connectivity index (χ3v) is 3.67. The number of thiol groups is 1. The molecule has 0 saturated carbocycles. The van der Waals surface area contributed by atoms with E-state index in [2.05, 4.69) is 12.6 Å². The maximum Gasteiger partial charge on any atom is 0.501 e. The standard InChI is InChI=1S/C8H5F3O4S2/c9-8(10,11)17(14,15)4-1-2-5(7(12)13)6(16)3-4/h1-3,16H,(H,12,13). The molecule has 1 rings (SSSR count). The summed E-state index contributed by atoms with van der Waals surface area (Å²) in [6, 6.07) is 1.88. The molecule has 0 bridgehead atoms. The highest BCUT2D eigenvalue weighted by Crippen LogP contribution is 2.31. The number of halogens is 3. The summed E-state index contributed by atoms with van der Waals surface area (Å²) in [5, 5.41) is 8.60. The van der Waals surface area contributed by atoms with Gasteiger partial charge in [0.05, 0.1) is 10.5 Å². The van der Waals surface area contributed by atoms with E-state index in [0.717, 1.165) is 6.07 Å². The highest BCUT2D eigenvalue weighted by molar-refractivity contribution is 7.92. The van der Waals surface area contributed by atoms with Crippen molar-refractivity contribution >= 4 is 28.4 Å². The van der Waals surface area contributed by atoms with Crippen molar-refractivity contribution in [3.8, 4) is 0 Å². The number of sulfone groups is 1. The van der Waals surface area contributed by atoms with Crippen LogP contribution in [0.25, 0.3) is 0 Å². The van der Waals surface area contributed by atoms with Crippen LogP contribution in [0.2, 0.25) is 0 Å². The van der Waals surface area contributed by atoms with E-state index in [1.165, 1.54) is 0 Å². The fourth-order valence-electron chi connectivity index (χ4n) is 0.993. The van der Waals surface area contributed by atoms with Crippen molar-refractivity contribution in [2.75, 3.05) is 0 Å². The van der Waals surface area contributed by atoms with Crippen LogP contribution in [0.3, 0.4) is 0 Å². The van der Waals surface area contributed by atoms with E-state index in [1.54, 1.807) is 0 Å². The fraction of sp³-hybridized carbons (Fsp3) is 0.125. The first-order chi connectivity index (χ1) is 7.57. The SMILES string of the molecule is O=C(O)c1ccc(S(=O)(=O)C(F)(F)F)cc1S. The van der Waals surface area contributed by atoms with E-state index in [4.69, 9.17) is 5.11 Å². The molecule has 0 aliphatic carbocycles. The monoisotopic (exact) mass is 286 g/mol. The van der Waals surface area contributed by atoms with Crippen LogP contribution < -0.4 is 0 Å². The number of alkyl halides is 3. The van der Waals surface area contributed by atoms with E-state index in [1.807, 2.05) is 0 Å². The minimum absolute atomic E-state index is 0.358. The number of aromatic carboxylic acids is 1. The first-order valence-electron chi connectivity index (χ1n) is 3.95. The Balaban J connectivity index is 3.39. The number of hydrogen-bond acceptors (Lipinski definition) is 4. The Kier molecular flexibility index (Phi) is 3.44. The lowest BCUT2D eigenvalue weighted by Crippen LogP contribution is -2.23. The van der Waals surface area contributed by atoms with Crippen LogP contribution in [-0.2, 0) is 9.84 Å². The molecule has 17 heavy (non-hydrogen) atoms. The molecule has 0 fully saturated rings. The topological polar surface area (TPSA) is 71.4 Å². The quantitative estimate of drug-likeness (QED) is 0.815. The predicted molar refractivity (Wildman–Crippen MR) is 53.9 cm³/mol. The maximum absolute atomic E-state index is 12.2. The van der Waals surface area contributed by atoms with Gasteiger partial charge in [0.15, 0.2) is 0 Å². The molecule has 0 atom stereocenters. The summed E-state index contributed by atoms with van der Waals surface area (Å²) in [7, 11) is -5.48. The molecule has 0 unspecified atom stereocenters. The Labute approximate surface area is 99.4 Å². The molecule has 4 nitrogen and oxygen atoms in total. The van der Waals surface area contributed by atoms with Crippen LogP contribution in [-0.4, -0.2) is 25.0 Å². The summed E-state index contributed by atoms with van der Waals surface area (Å²) >= 11 is 3.62. The van der Waals surface area contributed by atoms with E-state index < -0.39 is 26.2 Å². The lowest BCUT2D eigenvalue weighted by molar-refractivity contribution is -0.0436. The molecule has 94 valence electrons. The van der Waals surface area contributed by atoms with Crippen LogP contribution in [0.5, 0.6) is 0 Å². The average Bonchev–Trinajstić information content (AvgIpc) is 2.14. The zero-order chi connectivity index (χ0) is 13.4. The smallest absolute Gasteiger partial charge is 0.478 e. The molecule has 0 aliphatic rings. The van der Waals surface area contributed by atoms with Crippen molar-refractivity contribution in [2.24, 2.45) is 0 Å². The van der Waals surface area contributed by atoms with E-state index in [9.17, 15) is 26.4 Å². The Hall–Kier alpha value is -1.22. The number of rotatable bonds is 2. The van der Waals surface area contributed by atoms with Gasteiger partial charge in [0, 0.05) is 4.90 Å². The first kappa shape index (κ1) is 13.8. The van der Waals surface area contributed by atoms with Crippen LogP contribution >= 0.6 is 12.6 Å². The van der Waals surface area contributed by atoms with Crippen molar-refractivity contribution < 1.29 is 31.5 Å². The second-order valence-corrected chi connectivity index (χ2v) is 5.36. The molecule has 0 amide bonds. The summed E-state index contributed by atoms with van der Waals surface area (Å²) in [5.74, 6) is -1.41. The predicted octanol–water partition coefficient (Wildman–Crippen LogP) is 1.97. The van der Waals surface area contributed by atoms with Gasteiger partial charge in [-0.15, -0.1) is 12.6 Å². The third-order valence-electron chi connectivity index (χ3n) is 1.81. The molecule has 1 N–H and O–H groups in total. The molecule has 9 heteroatoms. The Morgan fingerprint density at radius 1 is 1.29 bits per heavy atom. The normalized spacial score (nSPS) is 12.5. The number of carboxylic acid groups (broad SMARTS) is 1. The summed E-state index contributed by atoms with van der Waals surface area (Å²) in [4.78, 5) is 9.16. The molecule has 0 aromatic heterocycles. The fourth-order valence-corrected chi connectivity index (χ4v) is 2.18. The van der Waals surface area contributed by atoms with E-state index >= 15 is 0 Å². The van der Waals surface area contributed by atoms with Crippen LogP contribution in [0.4, 0.5) is 13.2 Å². The minimum atomic E-state index is -5.48. The summed E-state index contributed by atoms with van der Waals surface area (Å²) in [6.45, 7) is 0. The van der Waals surface area contributed by atoms with Gasteiger partial charge in [-0.1, -0.05) is 0 Å². The van der Waals surface area contributed by atoms with Crippen molar-refractivity contribution in [3.63, 3.8) is 0 Å². The number of carbonyl (C=O) groups is 1. The molecule has 0 radical (unpaired) electrons. The Bertz CT molecular complexity index is 563. The molecule has 1 aromatic rings. The van der Waals surface area contributed by atoms with Crippen molar-refractivity contribution in [3.05, 3.63) is 23.8 Å². The second-order valence-electron chi connectivity index (χ2n) is 2.93. The van der Waals surface area contributed by atoms with Gasteiger partial charge in [-0.25, -0.2) is 13.2 Å². The van der Waals surface area contributed by atoms with Crippen molar-refractivity contribution in [2.45, 2.75) is 15.3 Å². The first-order valence-corrected chi connectivity index (χ1v) is 5.88. The van der Waals surface area contributed by atoms with E-state index in [0.29, 0.717) is 12.1 Å². The van der Waals surface area contributed by atoms with Gasteiger partial charge in [-0.3, -0.25) is 0 Å². The highest BCUT2D eigenvalue weighted by atomic mass is 32.2. The lowest BCUT2D eigenvalue weighted by Gasteiger charge is -2.09. The second kappa shape index (κ2) is 4.22. The molecule has 1 aromatic carbocycles. The highest BCUT2D eigenvalue weighted by Gasteiger charge is 2.47. The van der Waals surface area contributed by atoms with E-state index in [-0.39, 0.29) is 10.5 Å².